The van der Waals surface area contributed by atoms with Crippen molar-refractivity contribution in [1.29, 1.82) is 0 Å². The molecule has 1 aliphatic heterocycles. The molecule has 0 spiro atoms. The smallest absolute Gasteiger partial charge is 0.185 e. The topological polar surface area (TPSA) is 65.2 Å². The highest BCUT2D eigenvalue weighted by molar-refractivity contribution is 6.05. The third-order valence-corrected chi connectivity index (χ3v) is 3.59. The van der Waals surface area contributed by atoms with Crippen LogP contribution in [0.3, 0.4) is 0 Å². The number of aromatic nitrogens is 1. The lowest BCUT2D eigenvalue weighted by atomic mass is 9.89. The van der Waals surface area contributed by atoms with E-state index in [1.165, 1.54) is 0 Å². The van der Waals surface area contributed by atoms with Crippen molar-refractivity contribution in [3.8, 4) is 0 Å². The lowest BCUT2D eigenvalue weighted by Crippen LogP contribution is -2.48. The zero-order valence-corrected chi connectivity index (χ0v) is 10.8. The zero-order chi connectivity index (χ0) is 13.5. The zero-order valence-electron chi connectivity index (χ0n) is 10.8. The van der Waals surface area contributed by atoms with Crippen LogP contribution in [0.5, 0.6) is 0 Å². The van der Waals surface area contributed by atoms with Crippen LogP contribution in [0.2, 0.25) is 0 Å². The van der Waals surface area contributed by atoms with E-state index in [0.717, 1.165) is 16.6 Å². The fraction of sp³-hybridized carbons (Fsp3) is 0.333. The molecule has 0 saturated carbocycles. The maximum absolute atomic E-state index is 12.5. The second-order valence-electron chi connectivity index (χ2n) is 5.15. The van der Waals surface area contributed by atoms with Gasteiger partial charge in [-0.1, -0.05) is 6.07 Å². The van der Waals surface area contributed by atoms with Crippen molar-refractivity contribution in [3.05, 3.63) is 41.6 Å². The first kappa shape index (κ1) is 12.3. The lowest BCUT2D eigenvalue weighted by Gasteiger charge is -2.20. The maximum atomic E-state index is 12.5. The van der Waals surface area contributed by atoms with E-state index in [2.05, 4.69) is 4.98 Å². The third-order valence-electron chi connectivity index (χ3n) is 3.59. The number of carbonyl (C=O) groups is 1. The number of nitrogens with two attached hydrogens (primary N) is 1. The summed E-state index contributed by atoms with van der Waals surface area (Å²) in [6, 6.07) is 9.44. The van der Waals surface area contributed by atoms with Gasteiger partial charge in [0.25, 0.3) is 0 Å². The Kier molecular flexibility index (Phi) is 2.84. The Bertz CT molecular complexity index is 646. The second-order valence-corrected chi connectivity index (χ2v) is 5.15. The summed E-state index contributed by atoms with van der Waals surface area (Å²) in [5, 5.41) is 0.957. The Balaban J connectivity index is 2.01. The monoisotopic (exact) mass is 256 g/mol. The first-order valence-corrected chi connectivity index (χ1v) is 6.37. The van der Waals surface area contributed by atoms with Gasteiger partial charge in [-0.15, -0.1) is 0 Å². The quantitative estimate of drug-likeness (QED) is 0.833. The van der Waals surface area contributed by atoms with E-state index in [4.69, 9.17) is 10.5 Å². The van der Waals surface area contributed by atoms with Crippen LogP contribution in [-0.4, -0.2) is 29.5 Å². The van der Waals surface area contributed by atoms with E-state index >= 15 is 0 Å². The third kappa shape index (κ3) is 2.13. The number of hydrogen-bond donors (Lipinski definition) is 1. The summed E-state index contributed by atoms with van der Waals surface area (Å²) in [5.41, 5.74) is 7.73. The van der Waals surface area contributed by atoms with E-state index in [0.29, 0.717) is 25.2 Å². The number of fused-ring (bicyclic) bond motifs is 1. The van der Waals surface area contributed by atoms with Crippen LogP contribution < -0.4 is 5.73 Å². The van der Waals surface area contributed by atoms with Crippen molar-refractivity contribution in [1.82, 2.24) is 4.98 Å². The molecule has 1 atom stereocenters. The van der Waals surface area contributed by atoms with Gasteiger partial charge in [-0.3, -0.25) is 9.78 Å². The van der Waals surface area contributed by atoms with Crippen molar-refractivity contribution >= 4 is 16.7 Å². The summed E-state index contributed by atoms with van der Waals surface area (Å²) in [6.45, 7) is 2.80. The summed E-state index contributed by atoms with van der Waals surface area (Å²) in [7, 11) is 0. The average molecular weight is 256 g/mol. The molecule has 0 aliphatic carbocycles. The molecule has 1 aliphatic rings. The van der Waals surface area contributed by atoms with E-state index < -0.39 is 5.54 Å². The molecule has 3 rings (SSSR count). The van der Waals surface area contributed by atoms with Crippen molar-refractivity contribution in [3.63, 3.8) is 0 Å². The summed E-state index contributed by atoms with van der Waals surface area (Å²) in [5.74, 6) is -0.0486. The number of nitrogens with zero attached hydrogens (tertiary/aromatic N) is 1. The number of pyridine rings is 1. The van der Waals surface area contributed by atoms with E-state index in [9.17, 15) is 4.79 Å². The van der Waals surface area contributed by atoms with Crippen molar-refractivity contribution in [2.45, 2.75) is 18.9 Å². The molecule has 2 heterocycles. The molecule has 1 aromatic heterocycles. The minimum absolute atomic E-state index is 0.0486. The van der Waals surface area contributed by atoms with Crippen LogP contribution in [0, 0.1) is 6.92 Å². The van der Waals surface area contributed by atoms with Gasteiger partial charge in [-0.25, -0.2) is 0 Å². The summed E-state index contributed by atoms with van der Waals surface area (Å²) in [6.07, 6.45) is 0.579. The molecule has 1 fully saturated rings. The predicted octanol–water partition coefficient (Wildman–Crippen LogP) is 1.84. The van der Waals surface area contributed by atoms with Crippen LogP contribution in [0.4, 0.5) is 0 Å². The number of benzene rings is 1. The number of aryl methyl sites for hydroxylation is 1. The number of ketones is 1. The Labute approximate surface area is 111 Å². The number of hydrogen-bond acceptors (Lipinski definition) is 4. The standard InChI is InChI=1S/C15H16N2O2/c1-10-2-3-11-8-12(4-5-13(11)17-10)14(18)15(16)6-7-19-9-15/h2-5,8H,6-7,9,16H2,1H3. The van der Waals surface area contributed by atoms with Gasteiger partial charge in [0.05, 0.1) is 12.1 Å². The molecule has 1 unspecified atom stereocenters. The van der Waals surface area contributed by atoms with Crippen molar-refractivity contribution < 1.29 is 9.53 Å². The van der Waals surface area contributed by atoms with Crippen LogP contribution in [0.25, 0.3) is 10.9 Å². The molecule has 0 radical (unpaired) electrons. The van der Waals surface area contributed by atoms with E-state index in [-0.39, 0.29) is 5.78 Å². The fourth-order valence-electron chi connectivity index (χ4n) is 2.42. The normalized spacial score (nSPS) is 22.8. The number of Topliss-reactive ketones (excluding diaryl/α,β-unsaturated/α-hetero) is 1. The Morgan fingerprint density at radius 2 is 2.21 bits per heavy atom. The molecule has 2 aromatic rings. The highest BCUT2D eigenvalue weighted by Crippen LogP contribution is 2.23. The van der Waals surface area contributed by atoms with Crippen molar-refractivity contribution in [2.24, 2.45) is 5.73 Å². The Morgan fingerprint density at radius 3 is 2.95 bits per heavy atom. The fourth-order valence-corrected chi connectivity index (χ4v) is 2.42. The molecule has 98 valence electrons. The Hall–Kier alpha value is -1.78. The van der Waals surface area contributed by atoms with E-state index in [1.807, 2.05) is 31.2 Å². The van der Waals surface area contributed by atoms with Gasteiger partial charge in [0.1, 0.15) is 5.54 Å². The number of rotatable bonds is 2. The molecular weight excluding hydrogens is 240 g/mol. The molecule has 0 amide bonds. The van der Waals surface area contributed by atoms with E-state index in [1.54, 1.807) is 6.07 Å². The van der Waals surface area contributed by atoms with Gasteiger partial charge >= 0.3 is 0 Å². The summed E-state index contributed by atoms with van der Waals surface area (Å²) >= 11 is 0. The molecular formula is C15H16N2O2. The van der Waals surface area contributed by atoms with Gasteiger partial charge in [0.15, 0.2) is 5.78 Å². The molecule has 2 N–H and O–H groups in total. The minimum Gasteiger partial charge on any atom is -0.379 e. The molecule has 4 heteroatoms. The SMILES string of the molecule is Cc1ccc2cc(C(=O)C3(N)CCOC3)ccc2n1. The second kappa shape index (κ2) is 4.40. The largest absolute Gasteiger partial charge is 0.379 e. The minimum atomic E-state index is -0.869. The molecule has 19 heavy (non-hydrogen) atoms. The van der Waals surface area contributed by atoms with Crippen LogP contribution >= 0.6 is 0 Å². The molecule has 4 nitrogen and oxygen atoms in total. The van der Waals surface area contributed by atoms with Gasteiger partial charge in [0.2, 0.25) is 0 Å². The van der Waals surface area contributed by atoms with Gasteiger partial charge in [0, 0.05) is 23.3 Å². The molecule has 0 bridgehead atoms. The highest BCUT2D eigenvalue weighted by atomic mass is 16.5. The van der Waals surface area contributed by atoms with Gasteiger partial charge in [-0.2, -0.15) is 0 Å². The Morgan fingerprint density at radius 1 is 1.37 bits per heavy atom. The average Bonchev–Trinajstić information content (AvgIpc) is 2.85. The van der Waals surface area contributed by atoms with Gasteiger partial charge < -0.3 is 10.5 Å². The molecule has 1 saturated heterocycles. The lowest BCUT2D eigenvalue weighted by molar-refractivity contribution is 0.0863. The summed E-state index contributed by atoms with van der Waals surface area (Å²) < 4.78 is 5.25. The number of ether oxygens (including phenoxy) is 1. The van der Waals surface area contributed by atoms with Crippen molar-refractivity contribution in [2.75, 3.05) is 13.2 Å². The first-order valence-electron chi connectivity index (χ1n) is 6.37. The van der Waals surface area contributed by atoms with Crippen LogP contribution in [0.1, 0.15) is 22.5 Å². The maximum Gasteiger partial charge on any atom is 0.185 e. The van der Waals surface area contributed by atoms with Crippen LogP contribution in [0.15, 0.2) is 30.3 Å². The molecule has 1 aromatic carbocycles. The number of carbonyl (C=O) groups excluding carboxylic acids is 1. The van der Waals surface area contributed by atoms with Gasteiger partial charge in [-0.05, 0) is 37.6 Å². The highest BCUT2D eigenvalue weighted by Gasteiger charge is 2.38. The summed E-state index contributed by atoms with van der Waals surface area (Å²) in [4.78, 5) is 16.9. The predicted molar refractivity (Wildman–Crippen MR) is 73.2 cm³/mol. The first-order chi connectivity index (χ1) is 9.08. The van der Waals surface area contributed by atoms with Crippen LogP contribution in [-0.2, 0) is 4.74 Å².